The first-order valence-corrected chi connectivity index (χ1v) is 10.9. The van der Waals surface area contributed by atoms with Crippen molar-refractivity contribution in [2.75, 3.05) is 37.9 Å². The molecule has 0 saturated heterocycles. The molecule has 2 aromatic rings. The molecule has 0 aliphatic rings. The van der Waals surface area contributed by atoms with Gasteiger partial charge in [-0.05, 0) is 27.7 Å². The van der Waals surface area contributed by atoms with Crippen LogP contribution in [0.2, 0.25) is 0 Å². The van der Waals surface area contributed by atoms with Gasteiger partial charge in [0.05, 0.1) is 36.2 Å². The summed E-state index contributed by atoms with van der Waals surface area (Å²) in [7, 11) is -3.97. The number of ether oxygens (including phenoxy) is 4. The first kappa shape index (κ1) is 22.5. The van der Waals surface area contributed by atoms with Crippen LogP contribution in [0.25, 0.3) is 0 Å². The molecule has 0 aliphatic heterocycles. The third kappa shape index (κ3) is 4.79. The molecule has 0 fully saturated rings. The van der Waals surface area contributed by atoms with Crippen LogP contribution in [0.5, 0.6) is 23.0 Å². The summed E-state index contributed by atoms with van der Waals surface area (Å²) < 4.78 is 48.8. The molecule has 9 heteroatoms. The zero-order chi connectivity index (χ0) is 21.6. The molecule has 0 unspecified atom stereocenters. The average molecular weight is 425 g/mol. The normalized spacial score (nSPS) is 11.2. The second-order valence-corrected chi connectivity index (χ2v) is 7.85. The Morgan fingerprint density at radius 1 is 0.621 bits per heavy atom. The highest BCUT2D eigenvalue weighted by Crippen LogP contribution is 2.40. The topological polar surface area (TPSA) is 123 Å². The molecule has 0 heterocycles. The zero-order valence-corrected chi connectivity index (χ0v) is 18.0. The van der Waals surface area contributed by atoms with Crippen molar-refractivity contribution in [1.29, 1.82) is 0 Å². The molecule has 8 nitrogen and oxygen atoms in total. The minimum atomic E-state index is -3.97. The van der Waals surface area contributed by atoms with E-state index in [0.29, 0.717) is 26.4 Å². The summed E-state index contributed by atoms with van der Waals surface area (Å²) in [5.41, 5.74) is 12.6. The second kappa shape index (κ2) is 9.60. The van der Waals surface area contributed by atoms with Crippen molar-refractivity contribution >= 4 is 21.2 Å². The third-order valence-corrected chi connectivity index (χ3v) is 5.69. The quantitative estimate of drug-likeness (QED) is 0.557. The van der Waals surface area contributed by atoms with Crippen LogP contribution in [0.15, 0.2) is 34.1 Å². The van der Waals surface area contributed by atoms with Crippen LogP contribution in [0.1, 0.15) is 27.7 Å². The van der Waals surface area contributed by atoms with E-state index in [1.165, 1.54) is 24.3 Å². The van der Waals surface area contributed by atoms with Gasteiger partial charge in [0.1, 0.15) is 34.4 Å². The monoisotopic (exact) mass is 424 g/mol. The number of hydrogen-bond acceptors (Lipinski definition) is 8. The molecule has 0 saturated carbocycles. The van der Waals surface area contributed by atoms with Crippen LogP contribution in [-0.2, 0) is 9.84 Å². The Labute approximate surface area is 171 Å². The fourth-order valence-electron chi connectivity index (χ4n) is 2.70. The van der Waals surface area contributed by atoms with Gasteiger partial charge in [-0.25, -0.2) is 8.42 Å². The molecule has 0 radical (unpaired) electrons. The molecule has 0 spiro atoms. The number of hydrogen-bond donors (Lipinski definition) is 2. The number of anilines is 2. The highest BCUT2D eigenvalue weighted by atomic mass is 32.2. The molecule has 160 valence electrons. The van der Waals surface area contributed by atoms with Crippen molar-refractivity contribution in [1.82, 2.24) is 0 Å². The molecule has 0 atom stereocenters. The van der Waals surface area contributed by atoms with E-state index in [2.05, 4.69) is 0 Å². The van der Waals surface area contributed by atoms with E-state index in [-0.39, 0.29) is 44.2 Å². The minimum Gasteiger partial charge on any atom is -0.492 e. The molecule has 0 aromatic heterocycles. The van der Waals surface area contributed by atoms with Gasteiger partial charge in [-0.15, -0.1) is 0 Å². The number of rotatable bonds is 10. The average Bonchev–Trinajstić information content (AvgIpc) is 2.68. The Balaban J connectivity index is 2.68. The Morgan fingerprint density at radius 2 is 0.862 bits per heavy atom. The van der Waals surface area contributed by atoms with Crippen LogP contribution in [-0.4, -0.2) is 34.8 Å². The molecular weight excluding hydrogens is 396 g/mol. The smallest absolute Gasteiger partial charge is 0.207 e. The summed E-state index contributed by atoms with van der Waals surface area (Å²) in [5, 5.41) is 0. The predicted octanol–water partition coefficient (Wildman–Crippen LogP) is 3.28. The lowest BCUT2D eigenvalue weighted by Crippen LogP contribution is -2.09. The number of nitrogen functional groups attached to an aromatic ring is 2. The maximum atomic E-state index is 13.4. The lowest BCUT2D eigenvalue weighted by atomic mass is 10.2. The Bertz CT molecular complexity index is 834. The maximum absolute atomic E-state index is 13.4. The molecule has 2 aromatic carbocycles. The summed E-state index contributed by atoms with van der Waals surface area (Å²) in [6.45, 7) is 8.42. The summed E-state index contributed by atoms with van der Waals surface area (Å²) in [6, 6.07) is 5.53. The molecule has 0 bridgehead atoms. The summed E-state index contributed by atoms with van der Waals surface area (Å²) >= 11 is 0. The van der Waals surface area contributed by atoms with Gasteiger partial charge in [-0.3, -0.25) is 0 Å². The van der Waals surface area contributed by atoms with Crippen molar-refractivity contribution in [2.45, 2.75) is 37.5 Å². The molecule has 29 heavy (non-hydrogen) atoms. The Morgan fingerprint density at radius 3 is 1.07 bits per heavy atom. The number of benzene rings is 2. The predicted molar refractivity (Wildman–Crippen MR) is 112 cm³/mol. The van der Waals surface area contributed by atoms with Gasteiger partial charge in [0.15, 0.2) is 0 Å². The second-order valence-electron chi connectivity index (χ2n) is 5.90. The first-order valence-electron chi connectivity index (χ1n) is 9.43. The van der Waals surface area contributed by atoms with Crippen molar-refractivity contribution < 1.29 is 27.4 Å². The van der Waals surface area contributed by atoms with Crippen molar-refractivity contribution in [2.24, 2.45) is 0 Å². The Kier molecular flexibility index (Phi) is 7.44. The van der Waals surface area contributed by atoms with Crippen LogP contribution in [0.4, 0.5) is 11.4 Å². The highest BCUT2D eigenvalue weighted by Gasteiger charge is 2.25. The van der Waals surface area contributed by atoms with E-state index in [1.54, 1.807) is 27.7 Å². The van der Waals surface area contributed by atoms with Crippen LogP contribution in [0, 0.1) is 0 Å². The van der Waals surface area contributed by atoms with E-state index in [9.17, 15) is 8.42 Å². The fraction of sp³-hybridized carbons (Fsp3) is 0.400. The van der Waals surface area contributed by atoms with Crippen LogP contribution in [0.3, 0.4) is 0 Å². The van der Waals surface area contributed by atoms with Crippen LogP contribution >= 0.6 is 0 Å². The molecular formula is C20H28N2O6S. The molecule has 0 aliphatic carbocycles. The van der Waals surface area contributed by atoms with Gasteiger partial charge in [-0.2, -0.15) is 0 Å². The zero-order valence-electron chi connectivity index (χ0n) is 17.2. The third-order valence-electron chi connectivity index (χ3n) is 3.98. The van der Waals surface area contributed by atoms with Gasteiger partial charge in [0.25, 0.3) is 0 Å². The molecule has 4 N–H and O–H groups in total. The largest absolute Gasteiger partial charge is 0.492 e. The van der Waals surface area contributed by atoms with Gasteiger partial charge < -0.3 is 30.4 Å². The van der Waals surface area contributed by atoms with Gasteiger partial charge in [0, 0.05) is 24.3 Å². The van der Waals surface area contributed by atoms with Gasteiger partial charge in [-0.1, -0.05) is 0 Å². The first-order chi connectivity index (χ1) is 13.8. The SMILES string of the molecule is CCOc1cc(S(=O)(=O)c2cc(OCC)c(N)c(OCC)c2)cc(OCC)c1N. The van der Waals surface area contributed by atoms with Crippen molar-refractivity contribution in [3.63, 3.8) is 0 Å². The fourth-order valence-corrected chi connectivity index (χ4v) is 4.02. The summed E-state index contributed by atoms with van der Waals surface area (Å²) in [4.78, 5) is -0.0402. The van der Waals surface area contributed by atoms with E-state index in [1.807, 2.05) is 0 Å². The van der Waals surface area contributed by atoms with Crippen molar-refractivity contribution in [3.05, 3.63) is 24.3 Å². The summed E-state index contributed by atoms with van der Waals surface area (Å²) in [6.07, 6.45) is 0. The number of nitrogens with two attached hydrogens (primary N) is 2. The highest BCUT2D eigenvalue weighted by molar-refractivity contribution is 7.91. The maximum Gasteiger partial charge on any atom is 0.207 e. The van der Waals surface area contributed by atoms with E-state index < -0.39 is 9.84 Å². The van der Waals surface area contributed by atoms with Crippen LogP contribution < -0.4 is 30.4 Å². The van der Waals surface area contributed by atoms with E-state index in [0.717, 1.165) is 0 Å². The summed E-state index contributed by atoms with van der Waals surface area (Å²) in [5.74, 6) is 0.954. The standard InChI is InChI=1S/C20H28N2O6S/c1-5-25-15-9-13(10-16(19(15)21)26-6-2)29(23,24)14-11-17(27-7-3)20(22)18(12-14)28-8-4/h9-12H,5-8,21-22H2,1-4H3. The molecule has 2 rings (SSSR count). The van der Waals surface area contributed by atoms with Gasteiger partial charge >= 0.3 is 0 Å². The van der Waals surface area contributed by atoms with Gasteiger partial charge in [0.2, 0.25) is 9.84 Å². The Hall–Kier alpha value is -2.81. The lowest BCUT2D eigenvalue weighted by Gasteiger charge is -2.17. The lowest BCUT2D eigenvalue weighted by molar-refractivity contribution is 0.324. The number of sulfone groups is 1. The van der Waals surface area contributed by atoms with E-state index in [4.69, 9.17) is 30.4 Å². The molecule has 0 amide bonds. The van der Waals surface area contributed by atoms with Crippen molar-refractivity contribution in [3.8, 4) is 23.0 Å². The minimum absolute atomic E-state index is 0.0201. The van der Waals surface area contributed by atoms with E-state index >= 15 is 0 Å².